The lowest BCUT2D eigenvalue weighted by Crippen LogP contribution is -2.43. The van der Waals surface area contributed by atoms with E-state index in [1.807, 2.05) is 13.8 Å². The molecule has 0 fully saturated rings. The maximum atomic E-state index is 13.0. The molecule has 2 aromatic carbocycles. The summed E-state index contributed by atoms with van der Waals surface area (Å²) in [5.74, 6) is 0.934. The van der Waals surface area contributed by atoms with Crippen molar-refractivity contribution in [3.63, 3.8) is 0 Å². The van der Waals surface area contributed by atoms with Gasteiger partial charge in [0.05, 0.1) is 18.6 Å². The Morgan fingerprint density at radius 2 is 1.76 bits per heavy atom. The number of likely N-dealkylation sites (N-methyl/N-ethyl adjacent to an activating group) is 1. The lowest BCUT2D eigenvalue weighted by molar-refractivity contribution is -0.134. The van der Waals surface area contributed by atoms with Crippen molar-refractivity contribution in [1.82, 2.24) is 19.3 Å². The van der Waals surface area contributed by atoms with Gasteiger partial charge in [0.15, 0.2) is 0 Å². The summed E-state index contributed by atoms with van der Waals surface area (Å²) in [6.45, 7) is 3.36. The molecule has 0 saturated carbocycles. The number of carbonyl (C=O) groups is 1. The zero-order valence-electron chi connectivity index (χ0n) is 18.7. The highest BCUT2D eigenvalue weighted by Gasteiger charge is 2.27. The van der Waals surface area contributed by atoms with Crippen molar-refractivity contribution in [1.29, 1.82) is 0 Å². The number of carbonyl (C=O) groups excluding carboxylic acids is 1. The van der Waals surface area contributed by atoms with E-state index in [0.29, 0.717) is 16.6 Å². The van der Waals surface area contributed by atoms with Gasteiger partial charge < -0.3 is 14.2 Å². The number of benzene rings is 2. The lowest BCUT2D eigenvalue weighted by atomic mass is 10.2. The second-order valence-corrected chi connectivity index (χ2v) is 10.1. The molecule has 0 N–H and O–H groups in total. The van der Waals surface area contributed by atoms with Gasteiger partial charge in [-0.3, -0.25) is 4.79 Å². The fourth-order valence-electron chi connectivity index (χ4n) is 3.03. The van der Waals surface area contributed by atoms with E-state index in [2.05, 4.69) is 10.1 Å². The van der Waals surface area contributed by atoms with Crippen molar-refractivity contribution in [2.75, 3.05) is 20.7 Å². The molecule has 1 aromatic heterocycles. The Morgan fingerprint density at radius 3 is 2.33 bits per heavy atom. The highest BCUT2D eigenvalue weighted by Crippen LogP contribution is 2.21. The van der Waals surface area contributed by atoms with Crippen molar-refractivity contribution in [2.24, 2.45) is 0 Å². The van der Waals surface area contributed by atoms with E-state index in [1.165, 1.54) is 36.2 Å². The first-order valence-electron chi connectivity index (χ1n) is 10.1. The van der Waals surface area contributed by atoms with Crippen molar-refractivity contribution in [3.05, 3.63) is 59.4 Å². The van der Waals surface area contributed by atoms with Gasteiger partial charge in [0, 0.05) is 23.7 Å². The molecule has 0 saturated heterocycles. The maximum absolute atomic E-state index is 13.0. The van der Waals surface area contributed by atoms with Gasteiger partial charge in [0.25, 0.3) is 0 Å². The number of rotatable bonds is 9. The first kappa shape index (κ1) is 24.7. The van der Waals surface area contributed by atoms with Crippen molar-refractivity contribution in [3.8, 4) is 17.1 Å². The zero-order chi connectivity index (χ0) is 24.2. The average molecular weight is 493 g/mol. The van der Waals surface area contributed by atoms with Gasteiger partial charge in [-0.2, -0.15) is 9.29 Å². The largest absolute Gasteiger partial charge is 0.497 e. The van der Waals surface area contributed by atoms with Crippen LogP contribution in [0.25, 0.3) is 11.4 Å². The van der Waals surface area contributed by atoms with E-state index >= 15 is 0 Å². The minimum absolute atomic E-state index is 0.0501. The SMILES string of the molecule is COc1ccc(-c2noc(CN(C(=O)CN(C)S(=O)(=O)c3ccc(Cl)cc3)C(C)C)n2)cc1. The molecule has 0 atom stereocenters. The Hall–Kier alpha value is -2.95. The highest BCUT2D eigenvalue weighted by atomic mass is 35.5. The minimum Gasteiger partial charge on any atom is -0.497 e. The Balaban J connectivity index is 1.71. The summed E-state index contributed by atoms with van der Waals surface area (Å²) in [4.78, 5) is 18.9. The van der Waals surface area contributed by atoms with E-state index in [9.17, 15) is 13.2 Å². The standard InChI is InChI=1S/C22H25ClN4O5S/c1-15(2)27(13-20-24-22(25-32-20)16-5-9-18(31-4)10-6-16)21(28)14-26(3)33(29,30)19-11-7-17(23)8-12-19/h5-12,15H,13-14H2,1-4H3. The molecule has 0 bridgehead atoms. The van der Waals surface area contributed by atoms with Gasteiger partial charge in [-0.15, -0.1) is 0 Å². The van der Waals surface area contributed by atoms with Crippen LogP contribution in [-0.4, -0.2) is 60.4 Å². The molecular formula is C22H25ClN4O5S. The predicted molar refractivity (Wildman–Crippen MR) is 123 cm³/mol. The van der Waals surface area contributed by atoms with Crippen LogP contribution in [0, 0.1) is 0 Å². The molecule has 0 aliphatic carbocycles. The van der Waals surface area contributed by atoms with Gasteiger partial charge in [-0.05, 0) is 62.4 Å². The molecule has 0 radical (unpaired) electrons. The molecule has 0 aliphatic heterocycles. The van der Waals surface area contributed by atoms with Crippen LogP contribution in [0.2, 0.25) is 5.02 Å². The molecule has 3 rings (SSSR count). The zero-order valence-corrected chi connectivity index (χ0v) is 20.3. The number of methoxy groups -OCH3 is 1. The summed E-state index contributed by atoms with van der Waals surface area (Å²) in [6, 6.07) is 12.7. The molecule has 1 amide bonds. The van der Waals surface area contributed by atoms with Crippen LogP contribution in [0.5, 0.6) is 5.75 Å². The van der Waals surface area contributed by atoms with Gasteiger partial charge in [0.2, 0.25) is 27.6 Å². The second kappa shape index (κ2) is 10.3. The number of hydrogen-bond acceptors (Lipinski definition) is 7. The Labute approximate surface area is 198 Å². The monoisotopic (exact) mass is 492 g/mol. The van der Waals surface area contributed by atoms with Crippen LogP contribution in [0.3, 0.4) is 0 Å². The topological polar surface area (TPSA) is 106 Å². The van der Waals surface area contributed by atoms with Crippen LogP contribution in [-0.2, 0) is 21.4 Å². The molecule has 11 heteroatoms. The molecule has 33 heavy (non-hydrogen) atoms. The minimum atomic E-state index is -3.86. The summed E-state index contributed by atoms with van der Waals surface area (Å²) in [5, 5.41) is 4.40. The van der Waals surface area contributed by atoms with Crippen molar-refractivity contribution < 1.29 is 22.5 Å². The number of aromatic nitrogens is 2. The quantitative estimate of drug-likeness (QED) is 0.450. The first-order valence-corrected chi connectivity index (χ1v) is 11.9. The van der Waals surface area contributed by atoms with Crippen molar-refractivity contribution >= 4 is 27.5 Å². The number of sulfonamides is 1. The molecule has 0 spiro atoms. The molecule has 176 valence electrons. The highest BCUT2D eigenvalue weighted by molar-refractivity contribution is 7.89. The summed E-state index contributed by atoms with van der Waals surface area (Å²) < 4.78 is 37.1. The predicted octanol–water partition coefficient (Wildman–Crippen LogP) is 3.46. The molecule has 1 heterocycles. The summed E-state index contributed by atoms with van der Waals surface area (Å²) in [6.07, 6.45) is 0. The second-order valence-electron chi connectivity index (χ2n) is 7.57. The summed E-state index contributed by atoms with van der Waals surface area (Å²) in [7, 11) is -0.919. The fraction of sp³-hybridized carbons (Fsp3) is 0.318. The van der Waals surface area contributed by atoms with Crippen LogP contribution in [0.1, 0.15) is 19.7 Å². The summed E-state index contributed by atoms with van der Waals surface area (Å²) >= 11 is 5.84. The molecule has 9 nitrogen and oxygen atoms in total. The number of hydrogen-bond donors (Lipinski definition) is 0. The van der Waals surface area contributed by atoms with Crippen LogP contribution in [0.4, 0.5) is 0 Å². The van der Waals surface area contributed by atoms with E-state index < -0.39 is 15.9 Å². The maximum Gasteiger partial charge on any atom is 0.246 e. The normalized spacial score (nSPS) is 11.7. The van der Waals surface area contributed by atoms with Crippen molar-refractivity contribution in [2.45, 2.75) is 31.3 Å². The van der Waals surface area contributed by atoms with E-state index in [4.69, 9.17) is 20.9 Å². The number of ether oxygens (including phenoxy) is 1. The first-order chi connectivity index (χ1) is 15.6. The van der Waals surface area contributed by atoms with Crippen LogP contribution < -0.4 is 4.74 Å². The van der Waals surface area contributed by atoms with E-state index in [0.717, 1.165) is 9.87 Å². The third-order valence-corrected chi connectivity index (χ3v) is 7.01. The van der Waals surface area contributed by atoms with Gasteiger partial charge in [-0.25, -0.2) is 8.42 Å². The molecule has 3 aromatic rings. The summed E-state index contributed by atoms with van der Waals surface area (Å²) in [5.41, 5.74) is 0.738. The Bertz CT molecular complexity index is 1190. The van der Waals surface area contributed by atoms with Gasteiger partial charge >= 0.3 is 0 Å². The molecular weight excluding hydrogens is 468 g/mol. The van der Waals surface area contributed by atoms with Gasteiger partial charge in [-0.1, -0.05) is 16.8 Å². The number of amides is 1. The van der Waals surface area contributed by atoms with Crippen LogP contribution in [0.15, 0.2) is 57.9 Å². The third kappa shape index (κ3) is 5.89. The third-order valence-electron chi connectivity index (χ3n) is 4.95. The number of halogens is 1. The molecule has 0 aliphatic rings. The molecule has 0 unspecified atom stereocenters. The van der Waals surface area contributed by atoms with E-state index in [1.54, 1.807) is 31.4 Å². The number of nitrogens with zero attached hydrogens (tertiary/aromatic N) is 4. The fourth-order valence-corrected chi connectivity index (χ4v) is 4.28. The Kier molecular flexibility index (Phi) is 7.72. The Morgan fingerprint density at radius 1 is 1.12 bits per heavy atom. The van der Waals surface area contributed by atoms with E-state index in [-0.39, 0.29) is 29.9 Å². The van der Waals surface area contributed by atoms with Gasteiger partial charge in [0.1, 0.15) is 12.3 Å². The lowest BCUT2D eigenvalue weighted by Gasteiger charge is -2.27. The smallest absolute Gasteiger partial charge is 0.246 e. The average Bonchev–Trinajstić information content (AvgIpc) is 3.26. The van der Waals surface area contributed by atoms with Crippen LogP contribution >= 0.6 is 11.6 Å².